The quantitative estimate of drug-likeness (QED) is 0.563. The number of rotatable bonds is 5. The van der Waals surface area contributed by atoms with Crippen LogP contribution in [0.3, 0.4) is 0 Å². The lowest BCUT2D eigenvalue weighted by Gasteiger charge is -2.01. The Hall–Kier alpha value is -1.58. The van der Waals surface area contributed by atoms with Gasteiger partial charge in [-0.1, -0.05) is 47.5 Å². The van der Waals surface area contributed by atoms with Crippen molar-refractivity contribution in [3.05, 3.63) is 81.3 Å². The molecule has 1 aromatic heterocycles. The van der Waals surface area contributed by atoms with Gasteiger partial charge < -0.3 is 0 Å². The maximum Gasteiger partial charge on any atom is 0.0972 e. The van der Waals surface area contributed by atoms with Crippen molar-refractivity contribution in [2.45, 2.75) is 30.9 Å². The molecule has 0 fully saturated rings. The summed E-state index contributed by atoms with van der Waals surface area (Å²) in [6, 6.07) is 17.3. The van der Waals surface area contributed by atoms with Crippen molar-refractivity contribution in [1.29, 1.82) is 0 Å². The summed E-state index contributed by atoms with van der Waals surface area (Å²) in [7, 11) is 0. The lowest BCUT2D eigenvalue weighted by atomic mass is 10.1. The first-order valence-corrected chi connectivity index (χ1v) is 9.24. The number of benzene rings is 2. The third-order valence-electron chi connectivity index (χ3n) is 3.45. The van der Waals surface area contributed by atoms with Crippen molar-refractivity contribution in [2.75, 3.05) is 0 Å². The third kappa shape index (κ3) is 4.21. The number of aryl methyl sites for hydroxylation is 2. The van der Waals surface area contributed by atoms with E-state index in [1.807, 2.05) is 11.8 Å². The Balaban J connectivity index is 1.60. The molecule has 3 rings (SSSR count). The molecule has 3 aromatic rings. The Morgan fingerprint density at radius 3 is 2.59 bits per heavy atom. The second kappa shape index (κ2) is 7.12. The molecule has 1 heterocycles. The van der Waals surface area contributed by atoms with E-state index < -0.39 is 0 Å². The van der Waals surface area contributed by atoms with Crippen LogP contribution in [0.4, 0.5) is 0 Å². The van der Waals surface area contributed by atoms with Gasteiger partial charge in [0.1, 0.15) is 0 Å². The van der Waals surface area contributed by atoms with E-state index in [4.69, 9.17) is 4.98 Å². The van der Waals surface area contributed by atoms with Gasteiger partial charge in [0, 0.05) is 22.4 Å². The molecule has 22 heavy (non-hydrogen) atoms. The molecular weight excluding hydrogens is 306 g/mol. The van der Waals surface area contributed by atoms with Gasteiger partial charge in [0.15, 0.2) is 0 Å². The van der Waals surface area contributed by atoms with Gasteiger partial charge >= 0.3 is 0 Å². The molecule has 112 valence electrons. The summed E-state index contributed by atoms with van der Waals surface area (Å²) in [5.41, 5.74) is 5.12. The highest BCUT2D eigenvalue weighted by Gasteiger charge is 2.04. The largest absolute Gasteiger partial charge is 0.245 e. The normalized spacial score (nSPS) is 10.8. The lowest BCUT2D eigenvalue weighted by molar-refractivity contribution is 1.09. The van der Waals surface area contributed by atoms with E-state index >= 15 is 0 Å². The summed E-state index contributed by atoms with van der Waals surface area (Å²) in [4.78, 5) is 6.08. The minimum atomic E-state index is 0.931. The molecule has 0 radical (unpaired) electrons. The Morgan fingerprint density at radius 2 is 1.82 bits per heavy atom. The van der Waals surface area contributed by atoms with E-state index in [9.17, 15) is 0 Å². The first-order chi connectivity index (χ1) is 10.7. The fourth-order valence-electron chi connectivity index (χ4n) is 2.24. The Bertz CT molecular complexity index is 744. The maximum atomic E-state index is 4.76. The predicted molar refractivity (Wildman–Crippen MR) is 96.8 cm³/mol. The van der Waals surface area contributed by atoms with Crippen LogP contribution in [0.2, 0.25) is 0 Å². The van der Waals surface area contributed by atoms with Crippen LogP contribution in [0.5, 0.6) is 0 Å². The SMILES string of the molecule is Cc1ccc(Cc2nc(CSc3cccc(C)c3)cs2)cc1. The molecule has 2 aromatic carbocycles. The molecule has 0 saturated carbocycles. The highest BCUT2D eigenvalue weighted by atomic mass is 32.2. The van der Waals surface area contributed by atoms with Crippen molar-refractivity contribution in [2.24, 2.45) is 0 Å². The van der Waals surface area contributed by atoms with Crippen LogP contribution in [-0.2, 0) is 12.2 Å². The number of thiazole rings is 1. The molecule has 0 aliphatic heterocycles. The molecule has 0 aliphatic carbocycles. The van der Waals surface area contributed by atoms with Crippen LogP contribution in [0, 0.1) is 13.8 Å². The zero-order chi connectivity index (χ0) is 15.4. The van der Waals surface area contributed by atoms with Crippen LogP contribution in [0.1, 0.15) is 27.4 Å². The van der Waals surface area contributed by atoms with Gasteiger partial charge in [0.05, 0.1) is 10.7 Å². The van der Waals surface area contributed by atoms with E-state index in [-0.39, 0.29) is 0 Å². The van der Waals surface area contributed by atoms with Crippen molar-refractivity contribution in [1.82, 2.24) is 4.98 Å². The zero-order valence-electron chi connectivity index (χ0n) is 12.9. The van der Waals surface area contributed by atoms with E-state index in [1.165, 1.54) is 32.3 Å². The van der Waals surface area contributed by atoms with Gasteiger partial charge in [-0.25, -0.2) is 4.98 Å². The van der Waals surface area contributed by atoms with Crippen molar-refractivity contribution >= 4 is 23.1 Å². The summed E-state index contributed by atoms with van der Waals surface area (Å²) in [5, 5.41) is 3.38. The average Bonchev–Trinajstić information content (AvgIpc) is 2.95. The average molecular weight is 326 g/mol. The maximum absolute atomic E-state index is 4.76. The first kappa shape index (κ1) is 15.3. The Labute approximate surface area is 140 Å². The standard InChI is InChI=1S/C19H19NS2/c1-14-6-8-16(9-7-14)11-19-20-17(13-22-19)12-21-18-5-3-4-15(2)10-18/h3-10,13H,11-12H2,1-2H3. The number of thioether (sulfide) groups is 1. The lowest BCUT2D eigenvalue weighted by Crippen LogP contribution is -1.89. The molecule has 0 N–H and O–H groups in total. The fraction of sp³-hybridized carbons (Fsp3) is 0.211. The summed E-state index contributed by atoms with van der Waals surface area (Å²) < 4.78 is 0. The highest BCUT2D eigenvalue weighted by Crippen LogP contribution is 2.25. The molecular formula is C19H19NS2. The molecule has 1 nitrogen and oxygen atoms in total. The van der Waals surface area contributed by atoms with Crippen LogP contribution in [0.15, 0.2) is 58.8 Å². The van der Waals surface area contributed by atoms with Gasteiger partial charge in [-0.3, -0.25) is 0 Å². The van der Waals surface area contributed by atoms with Crippen LogP contribution in [-0.4, -0.2) is 4.98 Å². The fourth-order valence-corrected chi connectivity index (χ4v) is 4.08. The van der Waals surface area contributed by atoms with E-state index in [0.717, 1.165) is 12.2 Å². The van der Waals surface area contributed by atoms with Crippen molar-refractivity contribution in [3.8, 4) is 0 Å². The molecule has 0 aliphatic rings. The topological polar surface area (TPSA) is 12.9 Å². The van der Waals surface area contributed by atoms with Gasteiger partial charge in [-0.2, -0.15) is 0 Å². The smallest absolute Gasteiger partial charge is 0.0972 e. The van der Waals surface area contributed by atoms with Crippen LogP contribution >= 0.6 is 23.1 Å². The van der Waals surface area contributed by atoms with Gasteiger partial charge in [-0.15, -0.1) is 23.1 Å². The summed E-state index contributed by atoms with van der Waals surface area (Å²) >= 11 is 3.62. The molecule has 0 saturated heterocycles. The van der Waals surface area contributed by atoms with Crippen molar-refractivity contribution in [3.63, 3.8) is 0 Å². The molecule has 0 unspecified atom stereocenters. The number of hydrogen-bond acceptors (Lipinski definition) is 3. The molecule has 0 bridgehead atoms. The van der Waals surface area contributed by atoms with Gasteiger partial charge in [0.2, 0.25) is 0 Å². The van der Waals surface area contributed by atoms with Crippen LogP contribution < -0.4 is 0 Å². The monoisotopic (exact) mass is 325 g/mol. The van der Waals surface area contributed by atoms with Crippen LogP contribution in [0.25, 0.3) is 0 Å². The van der Waals surface area contributed by atoms with Gasteiger partial charge in [0.25, 0.3) is 0 Å². The highest BCUT2D eigenvalue weighted by molar-refractivity contribution is 7.98. The van der Waals surface area contributed by atoms with E-state index in [2.05, 4.69) is 67.8 Å². The molecule has 0 amide bonds. The summed E-state index contributed by atoms with van der Waals surface area (Å²) in [5.74, 6) is 0.938. The Morgan fingerprint density at radius 1 is 1.00 bits per heavy atom. The van der Waals surface area contributed by atoms with Crippen molar-refractivity contribution < 1.29 is 0 Å². The molecule has 3 heteroatoms. The van der Waals surface area contributed by atoms with E-state index in [0.29, 0.717) is 0 Å². The molecule has 0 atom stereocenters. The Kier molecular flexibility index (Phi) is 4.96. The number of hydrogen-bond donors (Lipinski definition) is 0. The third-order valence-corrected chi connectivity index (χ3v) is 5.38. The minimum absolute atomic E-state index is 0.931. The minimum Gasteiger partial charge on any atom is -0.245 e. The summed E-state index contributed by atoms with van der Waals surface area (Å²) in [6.07, 6.45) is 0.931. The predicted octanol–water partition coefficient (Wildman–Crippen LogP) is 5.64. The second-order valence-electron chi connectivity index (χ2n) is 5.50. The number of nitrogens with zero attached hydrogens (tertiary/aromatic N) is 1. The number of aromatic nitrogens is 1. The molecule has 0 spiro atoms. The second-order valence-corrected chi connectivity index (χ2v) is 7.49. The zero-order valence-corrected chi connectivity index (χ0v) is 14.5. The first-order valence-electron chi connectivity index (χ1n) is 7.37. The van der Waals surface area contributed by atoms with Gasteiger partial charge in [-0.05, 0) is 31.5 Å². The summed E-state index contributed by atoms with van der Waals surface area (Å²) in [6.45, 7) is 4.25. The van der Waals surface area contributed by atoms with E-state index in [1.54, 1.807) is 11.3 Å².